The summed E-state index contributed by atoms with van der Waals surface area (Å²) in [5.41, 5.74) is 2.16. The van der Waals surface area contributed by atoms with E-state index in [4.69, 9.17) is 11.6 Å². The van der Waals surface area contributed by atoms with Crippen molar-refractivity contribution in [2.75, 3.05) is 0 Å². The van der Waals surface area contributed by atoms with Crippen LogP contribution in [0.25, 0.3) is 0 Å². The first-order valence-electron chi connectivity index (χ1n) is 7.67. The summed E-state index contributed by atoms with van der Waals surface area (Å²) in [5, 5.41) is 9.78. The fourth-order valence-electron chi connectivity index (χ4n) is 2.55. The summed E-state index contributed by atoms with van der Waals surface area (Å²) in [6.45, 7) is 4.30. The number of benzene rings is 1. The molecule has 2 heterocycles. The van der Waals surface area contributed by atoms with E-state index < -0.39 is 0 Å². The fraction of sp³-hybridized carbons (Fsp3) is 0.222. The first-order valence-corrected chi connectivity index (χ1v) is 8.93. The average molecular weight is 360 g/mol. The zero-order valence-electron chi connectivity index (χ0n) is 13.5. The van der Waals surface area contributed by atoms with Crippen molar-refractivity contribution in [1.82, 2.24) is 15.1 Å². The number of hydrogen-bond donors (Lipinski definition) is 1. The van der Waals surface area contributed by atoms with Crippen molar-refractivity contribution in [2.45, 2.75) is 26.4 Å². The van der Waals surface area contributed by atoms with Gasteiger partial charge in [0.15, 0.2) is 0 Å². The second kappa shape index (κ2) is 7.20. The van der Waals surface area contributed by atoms with Gasteiger partial charge in [-0.05, 0) is 30.9 Å². The van der Waals surface area contributed by atoms with Crippen LogP contribution in [0.4, 0.5) is 0 Å². The lowest BCUT2D eigenvalue weighted by atomic mass is 10.2. The molecule has 0 saturated heterocycles. The Morgan fingerprint density at radius 2 is 2.04 bits per heavy atom. The topological polar surface area (TPSA) is 46.9 Å². The normalized spacial score (nSPS) is 12.1. The van der Waals surface area contributed by atoms with Crippen LogP contribution in [0.5, 0.6) is 0 Å². The second-order valence-corrected chi connectivity index (χ2v) is 6.94. The van der Waals surface area contributed by atoms with E-state index in [9.17, 15) is 4.79 Å². The van der Waals surface area contributed by atoms with Crippen LogP contribution in [-0.2, 0) is 6.54 Å². The minimum atomic E-state index is -0.197. The maximum atomic E-state index is 12.6. The molecule has 0 radical (unpaired) electrons. The molecule has 2 aromatic heterocycles. The molecule has 24 heavy (non-hydrogen) atoms. The summed E-state index contributed by atoms with van der Waals surface area (Å²) in [5.74, 6) is -0.197. The van der Waals surface area contributed by atoms with Gasteiger partial charge in [-0.2, -0.15) is 5.10 Å². The highest BCUT2D eigenvalue weighted by atomic mass is 35.5. The number of carbonyl (C=O) groups is 1. The standard InChI is InChI=1S/C18H18ClN3OS/c1-12(15-9-6-10-24-15)20-18(23)16-13(2)21-22(17(16)19)11-14-7-4-3-5-8-14/h3-10,12H,11H2,1-2H3,(H,20,23). The lowest BCUT2D eigenvalue weighted by Gasteiger charge is -2.12. The Bertz CT molecular complexity index is 828. The molecule has 3 aromatic rings. The van der Waals surface area contributed by atoms with Crippen LogP contribution in [0.3, 0.4) is 0 Å². The Balaban J connectivity index is 1.79. The first kappa shape index (κ1) is 16.7. The van der Waals surface area contributed by atoms with E-state index in [1.165, 1.54) is 0 Å². The molecule has 1 amide bonds. The van der Waals surface area contributed by atoms with Gasteiger partial charge in [-0.1, -0.05) is 48.0 Å². The Labute approximate surface area is 150 Å². The van der Waals surface area contributed by atoms with Crippen molar-refractivity contribution in [3.05, 3.63) is 74.7 Å². The van der Waals surface area contributed by atoms with Crippen molar-refractivity contribution in [3.8, 4) is 0 Å². The molecule has 0 spiro atoms. The molecule has 1 aromatic carbocycles. The quantitative estimate of drug-likeness (QED) is 0.731. The van der Waals surface area contributed by atoms with Crippen molar-refractivity contribution < 1.29 is 4.79 Å². The van der Waals surface area contributed by atoms with Crippen LogP contribution in [0, 0.1) is 6.92 Å². The average Bonchev–Trinajstić information content (AvgIpc) is 3.17. The largest absolute Gasteiger partial charge is 0.345 e. The molecule has 0 aliphatic carbocycles. The lowest BCUT2D eigenvalue weighted by Crippen LogP contribution is -2.26. The van der Waals surface area contributed by atoms with Gasteiger partial charge in [-0.15, -0.1) is 11.3 Å². The number of halogens is 1. The lowest BCUT2D eigenvalue weighted by molar-refractivity contribution is 0.0940. The maximum Gasteiger partial charge on any atom is 0.256 e. The molecule has 1 N–H and O–H groups in total. The van der Waals surface area contributed by atoms with E-state index in [0.29, 0.717) is 23.0 Å². The molecule has 124 valence electrons. The zero-order chi connectivity index (χ0) is 17.1. The number of carbonyl (C=O) groups excluding carboxylic acids is 1. The van der Waals surface area contributed by atoms with Gasteiger partial charge in [-0.3, -0.25) is 4.79 Å². The summed E-state index contributed by atoms with van der Waals surface area (Å²) in [6.07, 6.45) is 0. The molecule has 6 heteroatoms. The molecule has 0 bridgehead atoms. The minimum Gasteiger partial charge on any atom is -0.345 e. The molecule has 3 rings (SSSR count). The van der Waals surface area contributed by atoms with Gasteiger partial charge in [0.05, 0.1) is 23.8 Å². The van der Waals surface area contributed by atoms with Gasteiger partial charge in [0.25, 0.3) is 5.91 Å². The summed E-state index contributed by atoms with van der Waals surface area (Å²) in [7, 11) is 0. The third kappa shape index (κ3) is 3.52. The Kier molecular flexibility index (Phi) is 5.02. The summed E-state index contributed by atoms with van der Waals surface area (Å²) < 4.78 is 1.66. The maximum absolute atomic E-state index is 12.6. The number of thiophene rings is 1. The predicted molar refractivity (Wildman–Crippen MR) is 97.7 cm³/mol. The molecule has 0 saturated carbocycles. The smallest absolute Gasteiger partial charge is 0.256 e. The van der Waals surface area contributed by atoms with E-state index in [2.05, 4.69) is 10.4 Å². The van der Waals surface area contributed by atoms with Gasteiger partial charge >= 0.3 is 0 Å². The van der Waals surface area contributed by atoms with Crippen LogP contribution in [0.1, 0.15) is 39.5 Å². The SMILES string of the molecule is Cc1nn(Cc2ccccc2)c(Cl)c1C(=O)NC(C)c1cccs1. The van der Waals surface area contributed by atoms with Gasteiger partial charge in [0.2, 0.25) is 0 Å². The predicted octanol–water partition coefficient (Wildman–Crippen LogP) is 4.45. The highest BCUT2D eigenvalue weighted by Gasteiger charge is 2.22. The molecule has 0 fully saturated rings. The van der Waals surface area contributed by atoms with Gasteiger partial charge in [0.1, 0.15) is 5.15 Å². The van der Waals surface area contributed by atoms with E-state index >= 15 is 0 Å². The number of hydrogen-bond acceptors (Lipinski definition) is 3. The van der Waals surface area contributed by atoms with Gasteiger partial charge in [-0.25, -0.2) is 4.68 Å². The first-order chi connectivity index (χ1) is 11.6. The summed E-state index contributed by atoms with van der Waals surface area (Å²) in [6, 6.07) is 13.8. The molecule has 0 aliphatic heterocycles. The molecular weight excluding hydrogens is 342 g/mol. The second-order valence-electron chi connectivity index (χ2n) is 5.61. The summed E-state index contributed by atoms with van der Waals surface area (Å²) in [4.78, 5) is 13.7. The number of aryl methyl sites for hydroxylation is 1. The minimum absolute atomic E-state index is 0.0644. The molecule has 4 nitrogen and oxygen atoms in total. The number of amides is 1. The third-order valence-electron chi connectivity index (χ3n) is 3.79. The van der Waals surface area contributed by atoms with Crippen molar-refractivity contribution >= 4 is 28.8 Å². The fourth-order valence-corrected chi connectivity index (χ4v) is 3.60. The number of nitrogens with one attached hydrogen (secondary N) is 1. The van der Waals surface area contributed by atoms with Crippen molar-refractivity contribution in [3.63, 3.8) is 0 Å². The van der Waals surface area contributed by atoms with Crippen LogP contribution < -0.4 is 5.32 Å². The number of aromatic nitrogens is 2. The van der Waals surface area contributed by atoms with E-state index in [1.807, 2.05) is 54.8 Å². The van der Waals surface area contributed by atoms with Crippen molar-refractivity contribution in [2.24, 2.45) is 0 Å². The van der Waals surface area contributed by atoms with Crippen LogP contribution >= 0.6 is 22.9 Å². The zero-order valence-corrected chi connectivity index (χ0v) is 15.1. The molecular formula is C18H18ClN3OS. The van der Waals surface area contributed by atoms with Crippen molar-refractivity contribution in [1.29, 1.82) is 0 Å². The number of nitrogens with zero attached hydrogens (tertiary/aromatic N) is 2. The monoisotopic (exact) mass is 359 g/mol. The van der Waals surface area contributed by atoms with E-state index in [1.54, 1.807) is 22.9 Å². The molecule has 1 atom stereocenters. The summed E-state index contributed by atoms with van der Waals surface area (Å²) >= 11 is 8.04. The highest BCUT2D eigenvalue weighted by Crippen LogP contribution is 2.23. The van der Waals surface area contributed by atoms with E-state index in [0.717, 1.165) is 10.4 Å². The van der Waals surface area contributed by atoms with Crippen LogP contribution in [0.15, 0.2) is 47.8 Å². The van der Waals surface area contributed by atoms with Crippen LogP contribution in [-0.4, -0.2) is 15.7 Å². The van der Waals surface area contributed by atoms with Gasteiger partial charge < -0.3 is 5.32 Å². The molecule has 1 unspecified atom stereocenters. The highest BCUT2D eigenvalue weighted by molar-refractivity contribution is 7.10. The molecule has 0 aliphatic rings. The number of rotatable bonds is 5. The Morgan fingerprint density at radius 3 is 2.71 bits per heavy atom. The third-order valence-corrected chi connectivity index (χ3v) is 5.22. The Morgan fingerprint density at radius 1 is 1.29 bits per heavy atom. The Hall–Kier alpha value is -2.11. The van der Waals surface area contributed by atoms with Gasteiger partial charge in [0, 0.05) is 4.88 Å². The van der Waals surface area contributed by atoms with E-state index in [-0.39, 0.29) is 11.9 Å². The van der Waals surface area contributed by atoms with Crippen LogP contribution in [0.2, 0.25) is 5.15 Å².